The lowest BCUT2D eigenvalue weighted by Gasteiger charge is -2.03. The second-order valence-corrected chi connectivity index (χ2v) is 3.02. The van der Waals surface area contributed by atoms with E-state index in [9.17, 15) is 0 Å². The highest BCUT2D eigenvalue weighted by molar-refractivity contribution is 5.27. The van der Waals surface area contributed by atoms with Gasteiger partial charge in [0.15, 0.2) is 0 Å². The molecular formula is C10H12N4. The van der Waals surface area contributed by atoms with Gasteiger partial charge in [-0.2, -0.15) is 0 Å². The van der Waals surface area contributed by atoms with E-state index in [0.29, 0.717) is 0 Å². The molecular weight excluding hydrogens is 176 g/mol. The standard InChI is InChI=1S/C10H12N4/c1-11-7-9-2-3-13-10(6-9)14-5-4-12-8-14/h2-6,8,11H,7H2,1H3. The Morgan fingerprint density at radius 3 is 3.07 bits per heavy atom. The minimum atomic E-state index is 0.851. The van der Waals surface area contributed by atoms with Gasteiger partial charge in [0.05, 0.1) is 0 Å². The molecule has 0 saturated heterocycles. The van der Waals surface area contributed by atoms with Crippen molar-refractivity contribution in [3.05, 3.63) is 42.6 Å². The fourth-order valence-corrected chi connectivity index (χ4v) is 1.31. The monoisotopic (exact) mass is 188 g/mol. The van der Waals surface area contributed by atoms with E-state index in [-0.39, 0.29) is 0 Å². The molecule has 4 heteroatoms. The van der Waals surface area contributed by atoms with Gasteiger partial charge in [0.2, 0.25) is 0 Å². The lowest BCUT2D eigenvalue weighted by Crippen LogP contribution is -2.06. The molecule has 0 amide bonds. The van der Waals surface area contributed by atoms with E-state index in [1.165, 1.54) is 5.56 Å². The zero-order chi connectivity index (χ0) is 9.80. The molecule has 0 unspecified atom stereocenters. The fourth-order valence-electron chi connectivity index (χ4n) is 1.31. The first kappa shape index (κ1) is 8.90. The van der Waals surface area contributed by atoms with E-state index in [1.807, 2.05) is 36.1 Å². The van der Waals surface area contributed by atoms with E-state index >= 15 is 0 Å². The molecule has 0 aliphatic heterocycles. The first-order chi connectivity index (χ1) is 6.90. The van der Waals surface area contributed by atoms with Gasteiger partial charge >= 0.3 is 0 Å². The lowest BCUT2D eigenvalue weighted by molar-refractivity contribution is 0.812. The molecule has 0 radical (unpaired) electrons. The number of nitrogens with zero attached hydrogens (tertiary/aromatic N) is 3. The summed E-state index contributed by atoms with van der Waals surface area (Å²) >= 11 is 0. The lowest BCUT2D eigenvalue weighted by atomic mass is 10.2. The molecule has 0 aliphatic rings. The molecule has 14 heavy (non-hydrogen) atoms. The number of hydrogen-bond donors (Lipinski definition) is 1. The Kier molecular flexibility index (Phi) is 2.55. The summed E-state index contributed by atoms with van der Waals surface area (Å²) in [5.41, 5.74) is 1.21. The van der Waals surface area contributed by atoms with Gasteiger partial charge in [-0.25, -0.2) is 9.97 Å². The Morgan fingerprint density at radius 1 is 1.43 bits per heavy atom. The zero-order valence-electron chi connectivity index (χ0n) is 8.01. The number of rotatable bonds is 3. The summed E-state index contributed by atoms with van der Waals surface area (Å²) in [5, 5.41) is 3.10. The van der Waals surface area contributed by atoms with Crippen LogP contribution in [0.15, 0.2) is 37.1 Å². The highest BCUT2D eigenvalue weighted by Crippen LogP contribution is 2.06. The minimum Gasteiger partial charge on any atom is -0.316 e. The Labute approximate surface area is 82.6 Å². The number of hydrogen-bond acceptors (Lipinski definition) is 3. The molecule has 0 spiro atoms. The average molecular weight is 188 g/mol. The third kappa shape index (κ3) is 1.80. The molecule has 2 rings (SSSR count). The van der Waals surface area contributed by atoms with Gasteiger partial charge in [-0.1, -0.05) is 0 Å². The number of pyridine rings is 1. The minimum absolute atomic E-state index is 0.851. The van der Waals surface area contributed by atoms with Crippen molar-refractivity contribution in [2.45, 2.75) is 6.54 Å². The Hall–Kier alpha value is -1.68. The molecule has 2 aromatic rings. The van der Waals surface area contributed by atoms with Crippen LogP contribution in [0.25, 0.3) is 5.82 Å². The van der Waals surface area contributed by atoms with Crippen LogP contribution in [0.3, 0.4) is 0 Å². The van der Waals surface area contributed by atoms with E-state index in [2.05, 4.69) is 15.3 Å². The van der Waals surface area contributed by atoms with Gasteiger partial charge in [0.1, 0.15) is 12.1 Å². The zero-order valence-corrected chi connectivity index (χ0v) is 8.01. The summed E-state index contributed by atoms with van der Waals surface area (Å²) in [6.45, 7) is 0.851. The summed E-state index contributed by atoms with van der Waals surface area (Å²) in [4.78, 5) is 8.24. The van der Waals surface area contributed by atoms with Crippen molar-refractivity contribution >= 4 is 0 Å². The SMILES string of the molecule is CNCc1ccnc(-n2ccnc2)c1. The molecule has 2 aromatic heterocycles. The maximum absolute atomic E-state index is 4.26. The van der Waals surface area contributed by atoms with Crippen molar-refractivity contribution in [3.63, 3.8) is 0 Å². The third-order valence-corrected chi connectivity index (χ3v) is 1.96. The maximum atomic E-state index is 4.26. The summed E-state index contributed by atoms with van der Waals surface area (Å²) in [7, 11) is 1.93. The van der Waals surface area contributed by atoms with Gasteiger partial charge in [-0.15, -0.1) is 0 Å². The van der Waals surface area contributed by atoms with Crippen LogP contribution in [-0.2, 0) is 6.54 Å². The van der Waals surface area contributed by atoms with E-state index in [0.717, 1.165) is 12.4 Å². The largest absolute Gasteiger partial charge is 0.316 e. The maximum Gasteiger partial charge on any atom is 0.138 e. The van der Waals surface area contributed by atoms with Crippen LogP contribution < -0.4 is 5.32 Å². The highest BCUT2D eigenvalue weighted by Gasteiger charge is 1.97. The van der Waals surface area contributed by atoms with Crippen LogP contribution >= 0.6 is 0 Å². The Morgan fingerprint density at radius 2 is 2.36 bits per heavy atom. The smallest absolute Gasteiger partial charge is 0.138 e. The third-order valence-electron chi connectivity index (χ3n) is 1.96. The first-order valence-electron chi connectivity index (χ1n) is 4.48. The number of aromatic nitrogens is 3. The average Bonchev–Trinajstić information content (AvgIpc) is 2.71. The van der Waals surface area contributed by atoms with Gasteiger partial charge in [-0.3, -0.25) is 4.57 Å². The van der Waals surface area contributed by atoms with Crippen LogP contribution in [0.5, 0.6) is 0 Å². The number of imidazole rings is 1. The Balaban J connectivity index is 2.31. The topological polar surface area (TPSA) is 42.7 Å². The quantitative estimate of drug-likeness (QED) is 0.781. The van der Waals surface area contributed by atoms with Gasteiger partial charge in [0.25, 0.3) is 0 Å². The normalized spacial score (nSPS) is 10.4. The molecule has 72 valence electrons. The first-order valence-corrected chi connectivity index (χ1v) is 4.48. The van der Waals surface area contributed by atoms with Crippen molar-refractivity contribution in [3.8, 4) is 5.82 Å². The summed E-state index contributed by atoms with van der Waals surface area (Å²) in [6, 6.07) is 4.04. The second-order valence-electron chi connectivity index (χ2n) is 3.02. The number of nitrogens with one attached hydrogen (secondary N) is 1. The molecule has 1 N–H and O–H groups in total. The van der Waals surface area contributed by atoms with Crippen LogP contribution in [-0.4, -0.2) is 21.6 Å². The van der Waals surface area contributed by atoms with E-state index < -0.39 is 0 Å². The van der Waals surface area contributed by atoms with Gasteiger partial charge < -0.3 is 5.32 Å². The van der Waals surface area contributed by atoms with Gasteiger partial charge in [-0.05, 0) is 24.7 Å². The van der Waals surface area contributed by atoms with Crippen LogP contribution in [0.2, 0.25) is 0 Å². The van der Waals surface area contributed by atoms with Gasteiger partial charge in [0, 0.05) is 25.1 Å². The summed E-state index contributed by atoms with van der Waals surface area (Å²) in [5.74, 6) is 0.898. The van der Waals surface area contributed by atoms with Crippen LogP contribution in [0.1, 0.15) is 5.56 Å². The predicted molar refractivity (Wildman–Crippen MR) is 54.1 cm³/mol. The molecule has 4 nitrogen and oxygen atoms in total. The fraction of sp³-hybridized carbons (Fsp3) is 0.200. The Bertz CT molecular complexity index is 394. The van der Waals surface area contributed by atoms with Crippen LogP contribution in [0.4, 0.5) is 0 Å². The molecule has 0 aromatic carbocycles. The van der Waals surface area contributed by atoms with Crippen LogP contribution in [0, 0.1) is 0 Å². The molecule has 0 atom stereocenters. The predicted octanol–water partition coefficient (Wildman–Crippen LogP) is 0.987. The molecule has 0 bridgehead atoms. The highest BCUT2D eigenvalue weighted by atomic mass is 15.1. The molecule has 2 heterocycles. The van der Waals surface area contributed by atoms with Crippen molar-refractivity contribution in [1.29, 1.82) is 0 Å². The van der Waals surface area contributed by atoms with E-state index in [4.69, 9.17) is 0 Å². The molecule has 0 fully saturated rings. The van der Waals surface area contributed by atoms with Crippen molar-refractivity contribution in [2.75, 3.05) is 7.05 Å². The van der Waals surface area contributed by atoms with Crippen molar-refractivity contribution < 1.29 is 0 Å². The van der Waals surface area contributed by atoms with Crippen molar-refractivity contribution in [1.82, 2.24) is 19.9 Å². The van der Waals surface area contributed by atoms with E-state index in [1.54, 1.807) is 12.5 Å². The van der Waals surface area contributed by atoms with Crippen molar-refractivity contribution in [2.24, 2.45) is 0 Å². The summed E-state index contributed by atoms with van der Waals surface area (Å²) < 4.78 is 1.89. The molecule has 0 saturated carbocycles. The molecule has 0 aliphatic carbocycles. The summed E-state index contributed by atoms with van der Waals surface area (Å²) in [6.07, 6.45) is 7.17. The second kappa shape index (κ2) is 4.02.